The SMILES string of the molecule is C.C.CCCCCCCC(=O)Oc1c2ccccc2c(OC(=O)CCCCCCC)c2ccccc12.CCCCOc1c2ccccc2c(OCCCC)c2ccccc12. The van der Waals surface area contributed by atoms with E-state index >= 15 is 0 Å². The molecule has 6 nitrogen and oxygen atoms in total. The summed E-state index contributed by atoms with van der Waals surface area (Å²) < 4.78 is 24.3. The van der Waals surface area contributed by atoms with Gasteiger partial charge in [-0.25, -0.2) is 0 Å². The summed E-state index contributed by atoms with van der Waals surface area (Å²) in [5.41, 5.74) is 0. The molecule has 6 heteroatoms. The second-order valence-corrected chi connectivity index (χ2v) is 15.2. The van der Waals surface area contributed by atoms with E-state index in [4.69, 9.17) is 18.9 Å². The molecule has 0 aliphatic heterocycles. The van der Waals surface area contributed by atoms with E-state index in [1.165, 1.54) is 25.7 Å². The van der Waals surface area contributed by atoms with Gasteiger partial charge >= 0.3 is 11.9 Å². The van der Waals surface area contributed by atoms with Crippen LogP contribution in [0.25, 0.3) is 43.1 Å². The summed E-state index contributed by atoms with van der Waals surface area (Å²) in [6.45, 7) is 10.2. The quantitative estimate of drug-likeness (QED) is 0.0294. The minimum atomic E-state index is -0.219. The van der Waals surface area contributed by atoms with Crippen LogP contribution in [0.3, 0.4) is 0 Å². The number of carbonyl (C=O) groups excluding carboxylic acids is 2. The van der Waals surface area contributed by atoms with Crippen molar-refractivity contribution in [2.24, 2.45) is 0 Å². The van der Waals surface area contributed by atoms with Crippen LogP contribution in [0.4, 0.5) is 0 Å². The molecule has 0 aromatic heterocycles. The summed E-state index contributed by atoms with van der Waals surface area (Å²) in [6.07, 6.45) is 16.0. The van der Waals surface area contributed by atoms with Crippen LogP contribution in [0.5, 0.6) is 23.0 Å². The molecule has 0 radical (unpaired) electrons. The Bertz CT molecular complexity index is 1940. The van der Waals surface area contributed by atoms with Crippen LogP contribution in [0.2, 0.25) is 0 Å². The molecule has 0 fully saturated rings. The molecule has 6 aromatic carbocycles. The van der Waals surface area contributed by atoms with E-state index in [0.29, 0.717) is 24.3 Å². The van der Waals surface area contributed by atoms with Crippen LogP contribution >= 0.6 is 0 Å². The number of benzene rings is 6. The van der Waals surface area contributed by atoms with Crippen LogP contribution in [0, 0.1) is 0 Å². The Balaban J connectivity index is 0.000000327. The molecule has 0 saturated heterocycles. The minimum Gasteiger partial charge on any atom is -0.492 e. The largest absolute Gasteiger partial charge is 0.492 e. The molecule has 0 spiro atoms. The Labute approximate surface area is 360 Å². The highest BCUT2D eigenvalue weighted by Crippen LogP contribution is 2.44. The van der Waals surface area contributed by atoms with Crippen molar-refractivity contribution in [3.63, 3.8) is 0 Å². The molecule has 60 heavy (non-hydrogen) atoms. The monoisotopic (exact) mass is 817 g/mol. The molecule has 6 rings (SSSR count). The number of hydrogen-bond acceptors (Lipinski definition) is 6. The molecule has 0 aliphatic carbocycles. The highest BCUT2D eigenvalue weighted by Gasteiger charge is 2.20. The maximum absolute atomic E-state index is 12.7. The van der Waals surface area contributed by atoms with Crippen LogP contribution in [0.1, 0.15) is 145 Å². The van der Waals surface area contributed by atoms with Crippen molar-refractivity contribution < 1.29 is 28.5 Å². The fourth-order valence-electron chi connectivity index (χ4n) is 7.34. The minimum absolute atomic E-state index is 0. The van der Waals surface area contributed by atoms with Gasteiger partial charge in [-0.05, 0) is 25.7 Å². The molecule has 0 atom stereocenters. The molecule has 6 aromatic rings. The normalized spacial score (nSPS) is 10.7. The molecule has 324 valence electrons. The Hall–Kier alpha value is -5.10. The summed E-state index contributed by atoms with van der Waals surface area (Å²) in [5.74, 6) is 2.62. The van der Waals surface area contributed by atoms with E-state index in [0.717, 1.165) is 132 Å². The standard InChI is InChI=1S/C30H38O4.C22H26O2.2CH4/c1-3-5-7-9-11-21-27(31)33-29-23-17-13-15-19-25(23)30(26-20-16-14-18-24(26)29)34-28(32)22-12-10-8-6-4-2;1-3-5-15-23-21-17-11-7-9-13-19(17)22(24-16-6-4-2)20-14-10-8-12-18(20)21;;/h13-20H,3-12,21-22H2,1-2H3;7-14H,3-6,15-16H2,1-2H3;2*1H4. The van der Waals surface area contributed by atoms with E-state index in [1.807, 2.05) is 48.5 Å². The highest BCUT2D eigenvalue weighted by molar-refractivity contribution is 6.13. The van der Waals surface area contributed by atoms with Gasteiger partial charge in [0.1, 0.15) is 23.0 Å². The van der Waals surface area contributed by atoms with E-state index in [2.05, 4.69) is 76.2 Å². The fraction of sp³-hybridized carbons (Fsp3) is 0.444. The number of esters is 2. The summed E-state index contributed by atoms with van der Waals surface area (Å²) in [6, 6.07) is 32.2. The Morgan fingerprint density at radius 1 is 0.350 bits per heavy atom. The third-order valence-corrected chi connectivity index (χ3v) is 10.6. The van der Waals surface area contributed by atoms with Gasteiger partial charge in [-0.1, -0.05) is 204 Å². The number of fused-ring (bicyclic) bond motifs is 4. The zero-order valence-electron chi connectivity index (χ0n) is 35.4. The summed E-state index contributed by atoms with van der Waals surface area (Å²) >= 11 is 0. The van der Waals surface area contributed by atoms with Crippen LogP contribution in [0.15, 0.2) is 97.1 Å². The van der Waals surface area contributed by atoms with Gasteiger partial charge in [0.15, 0.2) is 0 Å². The second kappa shape index (κ2) is 26.9. The van der Waals surface area contributed by atoms with Crippen molar-refractivity contribution in [2.75, 3.05) is 13.2 Å². The Morgan fingerprint density at radius 2 is 0.600 bits per heavy atom. The summed E-state index contributed by atoms with van der Waals surface area (Å²) in [7, 11) is 0. The first-order valence-electron chi connectivity index (χ1n) is 22.1. The Morgan fingerprint density at radius 3 is 0.867 bits per heavy atom. The molecule has 0 amide bonds. The average molecular weight is 817 g/mol. The van der Waals surface area contributed by atoms with Crippen molar-refractivity contribution in [2.45, 2.75) is 145 Å². The van der Waals surface area contributed by atoms with Crippen molar-refractivity contribution >= 4 is 55.0 Å². The van der Waals surface area contributed by atoms with Crippen molar-refractivity contribution in [1.29, 1.82) is 0 Å². The van der Waals surface area contributed by atoms with Gasteiger partial charge in [0.05, 0.1) is 13.2 Å². The molecule has 0 aliphatic rings. The van der Waals surface area contributed by atoms with Gasteiger partial charge in [0.25, 0.3) is 0 Å². The van der Waals surface area contributed by atoms with Crippen molar-refractivity contribution in [3.8, 4) is 23.0 Å². The molecule has 0 N–H and O–H groups in total. The average Bonchev–Trinajstić information content (AvgIpc) is 3.25. The first-order chi connectivity index (χ1) is 28.5. The summed E-state index contributed by atoms with van der Waals surface area (Å²) in [4.78, 5) is 25.4. The van der Waals surface area contributed by atoms with Crippen molar-refractivity contribution in [3.05, 3.63) is 97.1 Å². The molecule has 0 heterocycles. The van der Waals surface area contributed by atoms with E-state index in [9.17, 15) is 9.59 Å². The van der Waals surface area contributed by atoms with Gasteiger partial charge in [-0.15, -0.1) is 0 Å². The molecule has 0 unspecified atom stereocenters. The van der Waals surface area contributed by atoms with Gasteiger partial charge in [0, 0.05) is 55.9 Å². The zero-order chi connectivity index (χ0) is 41.0. The van der Waals surface area contributed by atoms with E-state index < -0.39 is 0 Å². The topological polar surface area (TPSA) is 71.1 Å². The maximum atomic E-state index is 12.7. The lowest BCUT2D eigenvalue weighted by Gasteiger charge is -2.17. The van der Waals surface area contributed by atoms with Gasteiger partial charge < -0.3 is 18.9 Å². The zero-order valence-corrected chi connectivity index (χ0v) is 35.4. The number of ether oxygens (including phenoxy) is 4. The smallest absolute Gasteiger partial charge is 0.311 e. The second-order valence-electron chi connectivity index (χ2n) is 15.2. The predicted molar refractivity (Wildman–Crippen MR) is 255 cm³/mol. The first-order valence-corrected chi connectivity index (χ1v) is 22.1. The molecule has 0 saturated carbocycles. The maximum Gasteiger partial charge on any atom is 0.311 e. The summed E-state index contributed by atoms with van der Waals surface area (Å²) in [5, 5.41) is 7.69. The molecule has 0 bridgehead atoms. The van der Waals surface area contributed by atoms with Gasteiger partial charge in [-0.2, -0.15) is 0 Å². The van der Waals surface area contributed by atoms with Crippen LogP contribution in [-0.2, 0) is 9.59 Å². The number of rotatable bonds is 22. The first kappa shape index (κ1) is 49.3. The molecular weight excluding hydrogens is 745 g/mol. The third kappa shape index (κ3) is 13.5. The predicted octanol–water partition coefficient (Wildman–Crippen LogP) is 16.1. The highest BCUT2D eigenvalue weighted by atomic mass is 16.5. The number of carbonyl (C=O) groups is 2. The number of unbranched alkanes of at least 4 members (excludes halogenated alkanes) is 10. The lowest BCUT2D eigenvalue weighted by molar-refractivity contribution is -0.135. The van der Waals surface area contributed by atoms with Crippen molar-refractivity contribution in [1.82, 2.24) is 0 Å². The lowest BCUT2D eigenvalue weighted by Crippen LogP contribution is -2.10. The Kier molecular flexibility index (Phi) is 22.1. The van der Waals surface area contributed by atoms with E-state index in [-0.39, 0.29) is 26.8 Å². The van der Waals surface area contributed by atoms with Crippen LogP contribution < -0.4 is 18.9 Å². The van der Waals surface area contributed by atoms with E-state index in [1.54, 1.807) is 0 Å². The third-order valence-electron chi connectivity index (χ3n) is 10.6. The van der Waals surface area contributed by atoms with Gasteiger partial charge in [0.2, 0.25) is 0 Å². The lowest BCUT2D eigenvalue weighted by atomic mass is 10.0. The van der Waals surface area contributed by atoms with Crippen LogP contribution in [-0.4, -0.2) is 25.2 Å². The van der Waals surface area contributed by atoms with Gasteiger partial charge in [-0.3, -0.25) is 9.59 Å². The fourth-order valence-corrected chi connectivity index (χ4v) is 7.34. The molecular formula is C54H72O6. The number of hydrogen-bond donors (Lipinski definition) is 0.